The van der Waals surface area contributed by atoms with Crippen molar-refractivity contribution < 1.29 is 18.7 Å². The molecule has 0 aliphatic heterocycles. The fourth-order valence-corrected chi connectivity index (χ4v) is 2.85. The Hall–Kier alpha value is -2.89. The number of nitrogens with one attached hydrogen (secondary N) is 1. The molecule has 0 aromatic heterocycles. The first-order chi connectivity index (χ1) is 13.9. The van der Waals surface area contributed by atoms with E-state index in [1.165, 1.54) is 29.2 Å². The summed E-state index contributed by atoms with van der Waals surface area (Å²) < 4.78 is 18.6. The lowest BCUT2D eigenvalue weighted by Crippen LogP contribution is -2.49. The predicted molar refractivity (Wildman–Crippen MR) is 111 cm³/mol. The minimum Gasteiger partial charge on any atom is -0.484 e. The Morgan fingerprint density at radius 1 is 1.14 bits per heavy atom. The molecule has 5 nitrogen and oxygen atoms in total. The Kier molecular flexibility index (Phi) is 8.65. The van der Waals surface area contributed by atoms with Gasteiger partial charge in [0.05, 0.1) is 0 Å². The number of halogens is 1. The van der Waals surface area contributed by atoms with Gasteiger partial charge in [-0.05, 0) is 55.7 Å². The number of amides is 2. The first-order valence-corrected chi connectivity index (χ1v) is 9.92. The molecule has 0 fully saturated rings. The molecule has 0 radical (unpaired) electrons. The molecule has 0 bridgehead atoms. The molecule has 1 unspecified atom stereocenters. The number of unbranched alkanes of at least 4 members (excludes halogenated alkanes) is 1. The van der Waals surface area contributed by atoms with Gasteiger partial charge in [0.1, 0.15) is 17.6 Å². The van der Waals surface area contributed by atoms with Gasteiger partial charge in [-0.15, -0.1) is 0 Å². The molecule has 0 heterocycles. The van der Waals surface area contributed by atoms with E-state index < -0.39 is 6.04 Å². The highest BCUT2D eigenvalue weighted by Crippen LogP contribution is 2.15. The number of nitrogens with zero attached hydrogens (tertiary/aromatic N) is 1. The Bertz CT molecular complexity index is 808. The third kappa shape index (κ3) is 6.89. The average Bonchev–Trinajstić information content (AvgIpc) is 2.72. The molecule has 156 valence electrons. The molecule has 29 heavy (non-hydrogen) atoms. The van der Waals surface area contributed by atoms with E-state index in [9.17, 15) is 14.0 Å². The number of carbonyl (C=O) groups is 2. The van der Waals surface area contributed by atoms with E-state index in [0.29, 0.717) is 18.8 Å². The zero-order chi connectivity index (χ0) is 21.2. The summed E-state index contributed by atoms with van der Waals surface area (Å²) in [4.78, 5) is 27.0. The summed E-state index contributed by atoms with van der Waals surface area (Å²) in [7, 11) is 0. The molecule has 0 saturated heterocycles. The quantitative estimate of drug-likeness (QED) is 0.617. The van der Waals surface area contributed by atoms with Crippen molar-refractivity contribution in [2.45, 2.75) is 46.2 Å². The summed E-state index contributed by atoms with van der Waals surface area (Å²) in [6, 6.07) is 12.6. The van der Waals surface area contributed by atoms with Gasteiger partial charge in [0, 0.05) is 13.1 Å². The van der Waals surface area contributed by atoms with Crippen LogP contribution in [0, 0.1) is 12.7 Å². The van der Waals surface area contributed by atoms with E-state index in [-0.39, 0.29) is 24.2 Å². The van der Waals surface area contributed by atoms with Crippen LogP contribution in [-0.4, -0.2) is 35.9 Å². The van der Waals surface area contributed by atoms with Gasteiger partial charge in [-0.25, -0.2) is 4.39 Å². The van der Waals surface area contributed by atoms with Crippen LogP contribution in [0.15, 0.2) is 48.5 Å². The van der Waals surface area contributed by atoms with Crippen molar-refractivity contribution >= 4 is 11.8 Å². The van der Waals surface area contributed by atoms with Crippen LogP contribution in [0.25, 0.3) is 0 Å². The second kappa shape index (κ2) is 11.2. The lowest BCUT2D eigenvalue weighted by Gasteiger charge is -2.29. The van der Waals surface area contributed by atoms with Gasteiger partial charge in [-0.3, -0.25) is 9.59 Å². The highest BCUT2D eigenvalue weighted by atomic mass is 19.1. The number of aryl methyl sites for hydroxylation is 1. The lowest BCUT2D eigenvalue weighted by atomic mass is 10.1. The maximum atomic E-state index is 13.0. The molecule has 0 spiro atoms. The van der Waals surface area contributed by atoms with Crippen molar-refractivity contribution in [3.8, 4) is 5.75 Å². The fourth-order valence-electron chi connectivity index (χ4n) is 2.85. The van der Waals surface area contributed by atoms with E-state index in [4.69, 9.17) is 4.74 Å². The van der Waals surface area contributed by atoms with Crippen LogP contribution >= 0.6 is 0 Å². The normalized spacial score (nSPS) is 11.6. The summed E-state index contributed by atoms with van der Waals surface area (Å²) in [5.41, 5.74) is 2.01. The van der Waals surface area contributed by atoms with E-state index in [1.807, 2.05) is 31.2 Å². The van der Waals surface area contributed by atoms with Crippen molar-refractivity contribution in [2.75, 3.05) is 13.2 Å². The van der Waals surface area contributed by atoms with Gasteiger partial charge in [0.25, 0.3) is 5.91 Å². The van der Waals surface area contributed by atoms with Crippen molar-refractivity contribution in [3.63, 3.8) is 0 Å². The fraction of sp³-hybridized carbons (Fsp3) is 0.391. The molecule has 1 atom stereocenters. The number of hydrogen-bond acceptors (Lipinski definition) is 3. The zero-order valence-corrected chi connectivity index (χ0v) is 17.3. The van der Waals surface area contributed by atoms with Crippen LogP contribution in [0.5, 0.6) is 5.75 Å². The SMILES string of the molecule is CCCCNC(=O)C(C)N(Cc1ccccc1C)C(=O)COc1ccc(F)cc1. The summed E-state index contributed by atoms with van der Waals surface area (Å²) in [6.45, 7) is 6.40. The average molecular weight is 400 g/mol. The summed E-state index contributed by atoms with van der Waals surface area (Å²) in [5, 5.41) is 2.88. The summed E-state index contributed by atoms with van der Waals surface area (Å²) in [6.07, 6.45) is 1.86. The Morgan fingerprint density at radius 3 is 2.48 bits per heavy atom. The first-order valence-electron chi connectivity index (χ1n) is 9.92. The number of benzene rings is 2. The number of carbonyl (C=O) groups excluding carboxylic acids is 2. The third-order valence-corrected chi connectivity index (χ3v) is 4.77. The van der Waals surface area contributed by atoms with E-state index >= 15 is 0 Å². The van der Waals surface area contributed by atoms with E-state index in [2.05, 4.69) is 12.2 Å². The van der Waals surface area contributed by atoms with Gasteiger partial charge in [-0.2, -0.15) is 0 Å². The van der Waals surface area contributed by atoms with Crippen LogP contribution < -0.4 is 10.1 Å². The van der Waals surface area contributed by atoms with E-state index in [0.717, 1.165) is 24.0 Å². The minimum atomic E-state index is -0.643. The second-order valence-corrected chi connectivity index (χ2v) is 7.01. The molecular weight excluding hydrogens is 371 g/mol. The molecule has 2 amide bonds. The van der Waals surface area contributed by atoms with Crippen LogP contribution in [0.1, 0.15) is 37.8 Å². The third-order valence-electron chi connectivity index (χ3n) is 4.77. The summed E-state index contributed by atoms with van der Waals surface area (Å²) in [5.74, 6) is -0.476. The van der Waals surface area contributed by atoms with Crippen LogP contribution in [0.4, 0.5) is 4.39 Å². The number of ether oxygens (including phenoxy) is 1. The molecule has 0 aliphatic rings. The van der Waals surface area contributed by atoms with Gasteiger partial charge < -0.3 is 15.0 Å². The summed E-state index contributed by atoms with van der Waals surface area (Å²) >= 11 is 0. The predicted octanol–water partition coefficient (Wildman–Crippen LogP) is 3.85. The van der Waals surface area contributed by atoms with Crippen LogP contribution in [-0.2, 0) is 16.1 Å². The second-order valence-electron chi connectivity index (χ2n) is 7.01. The van der Waals surface area contributed by atoms with Crippen molar-refractivity contribution in [1.82, 2.24) is 10.2 Å². The topological polar surface area (TPSA) is 58.6 Å². The van der Waals surface area contributed by atoms with Gasteiger partial charge in [-0.1, -0.05) is 37.6 Å². The Morgan fingerprint density at radius 2 is 1.83 bits per heavy atom. The van der Waals surface area contributed by atoms with Gasteiger partial charge in [0.2, 0.25) is 5.91 Å². The standard InChI is InChI=1S/C23H29FN2O3/c1-4-5-14-25-23(28)18(3)26(15-19-9-7-6-8-17(19)2)22(27)16-29-21-12-10-20(24)11-13-21/h6-13,18H,4-5,14-16H2,1-3H3,(H,25,28). The molecule has 0 saturated carbocycles. The van der Waals surface area contributed by atoms with Crippen LogP contribution in [0.2, 0.25) is 0 Å². The monoisotopic (exact) mass is 400 g/mol. The molecule has 2 rings (SSSR count). The van der Waals surface area contributed by atoms with Crippen molar-refractivity contribution in [2.24, 2.45) is 0 Å². The minimum absolute atomic E-state index is 0.192. The highest BCUT2D eigenvalue weighted by Gasteiger charge is 2.26. The highest BCUT2D eigenvalue weighted by molar-refractivity contribution is 5.87. The molecule has 0 aliphatic carbocycles. The van der Waals surface area contributed by atoms with Crippen LogP contribution in [0.3, 0.4) is 0 Å². The lowest BCUT2D eigenvalue weighted by molar-refractivity contribution is -0.142. The largest absolute Gasteiger partial charge is 0.484 e. The van der Waals surface area contributed by atoms with E-state index in [1.54, 1.807) is 6.92 Å². The zero-order valence-electron chi connectivity index (χ0n) is 17.3. The Labute approximate surface area is 171 Å². The van der Waals surface area contributed by atoms with Crippen molar-refractivity contribution in [3.05, 3.63) is 65.5 Å². The maximum absolute atomic E-state index is 13.0. The molecule has 1 N–H and O–H groups in total. The molecular formula is C23H29FN2O3. The number of rotatable bonds is 10. The van der Waals surface area contributed by atoms with Crippen molar-refractivity contribution in [1.29, 1.82) is 0 Å². The maximum Gasteiger partial charge on any atom is 0.261 e. The molecule has 2 aromatic carbocycles. The molecule has 6 heteroatoms. The molecule has 2 aromatic rings. The van der Waals surface area contributed by atoms with Gasteiger partial charge >= 0.3 is 0 Å². The smallest absolute Gasteiger partial charge is 0.261 e. The number of hydrogen-bond donors (Lipinski definition) is 1. The Balaban J connectivity index is 2.11. The first kappa shape index (κ1) is 22.4. The van der Waals surface area contributed by atoms with Gasteiger partial charge in [0.15, 0.2) is 6.61 Å².